The maximum absolute atomic E-state index is 12.5. The molecule has 0 unspecified atom stereocenters. The zero-order valence-electron chi connectivity index (χ0n) is 27.6. The van der Waals surface area contributed by atoms with Crippen LogP contribution in [0.4, 0.5) is 0 Å². The van der Waals surface area contributed by atoms with Gasteiger partial charge in [0.1, 0.15) is 18.2 Å². The Balaban J connectivity index is 1.25. The Hall–Kier alpha value is -1.67. The van der Waals surface area contributed by atoms with E-state index in [1.54, 1.807) is 13.8 Å². The maximum Gasteiger partial charge on any atom is 0.303 e. The number of rotatable bonds is 5. The summed E-state index contributed by atoms with van der Waals surface area (Å²) in [5.41, 5.74) is 0.233. The number of likely N-dealkylation sites (tertiary alicyclic amines) is 2. The van der Waals surface area contributed by atoms with Crippen LogP contribution in [0.3, 0.4) is 0 Å². The number of ether oxygens (including phenoxy) is 3. The van der Waals surface area contributed by atoms with Crippen molar-refractivity contribution in [1.29, 1.82) is 0 Å². The summed E-state index contributed by atoms with van der Waals surface area (Å²) in [5.74, 6) is 1.93. The molecule has 10 atom stereocenters. The fourth-order valence-corrected chi connectivity index (χ4v) is 11.9. The number of fused-ring (bicyclic) bond motifs is 5. The predicted octanol–water partition coefficient (Wildman–Crippen LogP) is 5.12. The number of esters is 3. The minimum absolute atomic E-state index is 0.00977. The van der Waals surface area contributed by atoms with Crippen LogP contribution in [-0.2, 0) is 28.6 Å². The molecular formula is C35H57N2O6+. The summed E-state index contributed by atoms with van der Waals surface area (Å²) in [6, 6.07) is 0.603. The standard InChI is InChI=1S/C35H57N2O6/c1-22(38)41-26-12-15-36(16-13-26)30-21-35(5)25(19-32(30)42-23(2)39)9-10-27-28(35)11-14-34(4)29(27)20-31(33(34)43-24(3)40)37(6)17-7-8-18-37/h25-33H,7-21H2,1-6H3/q+1/t25-,27+,28-,29-,30-,31-,32-,33-,34-,35-/m0/s1. The van der Waals surface area contributed by atoms with Crippen LogP contribution in [0.1, 0.15) is 105 Å². The van der Waals surface area contributed by atoms with Gasteiger partial charge >= 0.3 is 17.9 Å². The van der Waals surface area contributed by atoms with E-state index in [0.717, 1.165) is 49.7 Å². The number of likely N-dealkylation sites (N-methyl/N-ethyl adjacent to an activating group) is 1. The number of hydrogen-bond acceptors (Lipinski definition) is 7. The summed E-state index contributed by atoms with van der Waals surface area (Å²) in [6.07, 6.45) is 12.1. The van der Waals surface area contributed by atoms with E-state index in [2.05, 4.69) is 25.8 Å². The molecule has 0 radical (unpaired) electrons. The summed E-state index contributed by atoms with van der Waals surface area (Å²) < 4.78 is 19.0. The molecule has 0 N–H and O–H groups in total. The summed E-state index contributed by atoms with van der Waals surface area (Å²) >= 11 is 0. The Kier molecular flexibility index (Phi) is 8.45. The third kappa shape index (κ3) is 5.55. The molecule has 43 heavy (non-hydrogen) atoms. The first kappa shape index (κ1) is 31.3. The highest BCUT2D eigenvalue weighted by Crippen LogP contribution is 2.67. The Morgan fingerprint density at radius 1 is 0.767 bits per heavy atom. The van der Waals surface area contributed by atoms with Crippen molar-refractivity contribution < 1.29 is 33.1 Å². The number of nitrogens with zero attached hydrogens (tertiary/aromatic N) is 2. The van der Waals surface area contributed by atoms with E-state index in [0.29, 0.717) is 29.7 Å². The van der Waals surface area contributed by atoms with Crippen molar-refractivity contribution in [1.82, 2.24) is 4.90 Å². The lowest BCUT2D eigenvalue weighted by molar-refractivity contribution is -0.924. The molecule has 8 nitrogen and oxygen atoms in total. The van der Waals surface area contributed by atoms with Crippen LogP contribution in [-0.4, -0.2) is 90.9 Å². The third-order valence-electron chi connectivity index (χ3n) is 13.9. The fraction of sp³-hybridized carbons (Fsp3) is 0.914. The van der Waals surface area contributed by atoms with E-state index < -0.39 is 0 Å². The zero-order chi connectivity index (χ0) is 30.7. The molecule has 8 heteroatoms. The van der Waals surface area contributed by atoms with Crippen LogP contribution in [0.15, 0.2) is 0 Å². The van der Waals surface area contributed by atoms with Gasteiger partial charge in [-0.1, -0.05) is 13.8 Å². The molecule has 0 amide bonds. The van der Waals surface area contributed by atoms with Gasteiger partial charge in [0.15, 0.2) is 6.10 Å². The summed E-state index contributed by atoms with van der Waals surface area (Å²) in [6.45, 7) is 13.8. The Morgan fingerprint density at radius 2 is 1.42 bits per heavy atom. The molecule has 2 heterocycles. The van der Waals surface area contributed by atoms with Crippen molar-refractivity contribution in [3.63, 3.8) is 0 Å². The first-order chi connectivity index (χ1) is 20.3. The molecule has 0 spiro atoms. The van der Waals surface area contributed by atoms with Gasteiger partial charge in [0, 0.05) is 64.6 Å². The molecule has 6 fully saturated rings. The molecule has 242 valence electrons. The monoisotopic (exact) mass is 601 g/mol. The second kappa shape index (κ2) is 11.6. The van der Waals surface area contributed by atoms with Crippen LogP contribution >= 0.6 is 0 Å². The van der Waals surface area contributed by atoms with Crippen LogP contribution in [0.25, 0.3) is 0 Å². The second-order valence-electron chi connectivity index (χ2n) is 16.2. The normalized spacial score (nSPS) is 44.5. The van der Waals surface area contributed by atoms with E-state index in [1.165, 1.54) is 58.5 Å². The fourth-order valence-electron chi connectivity index (χ4n) is 11.9. The molecule has 0 aromatic carbocycles. The summed E-state index contributed by atoms with van der Waals surface area (Å²) in [5, 5.41) is 0. The van der Waals surface area contributed by atoms with Crippen LogP contribution in [0, 0.1) is 34.5 Å². The average Bonchev–Trinajstić information content (AvgIpc) is 3.50. The van der Waals surface area contributed by atoms with E-state index in [1.807, 2.05) is 0 Å². The highest BCUT2D eigenvalue weighted by Gasteiger charge is 2.67. The number of carbonyl (C=O) groups is 3. The van der Waals surface area contributed by atoms with E-state index in [-0.39, 0.29) is 53.1 Å². The maximum atomic E-state index is 12.5. The topological polar surface area (TPSA) is 82.1 Å². The number of quaternary nitrogens is 1. The molecule has 2 aliphatic heterocycles. The SMILES string of the molecule is CC(=O)OC1CCN([C@H]2C[C@@]3(C)[C@@H](CC[C@@H]4[C@@H]3CC[C@@]3(C)[C@H]4C[C@H]([N+]4(C)CCCC4)[C@@H]3OC(C)=O)C[C@@H]2OC(C)=O)CC1. The van der Waals surface area contributed by atoms with Gasteiger partial charge in [-0.05, 0) is 80.5 Å². The largest absolute Gasteiger partial charge is 0.462 e. The van der Waals surface area contributed by atoms with Gasteiger partial charge < -0.3 is 18.7 Å². The van der Waals surface area contributed by atoms with Crippen molar-refractivity contribution in [3.8, 4) is 0 Å². The Labute approximate surface area is 259 Å². The summed E-state index contributed by atoms with van der Waals surface area (Å²) in [4.78, 5) is 38.9. The van der Waals surface area contributed by atoms with Crippen molar-refractivity contribution in [3.05, 3.63) is 0 Å². The predicted molar refractivity (Wildman–Crippen MR) is 163 cm³/mol. The number of carbonyl (C=O) groups excluding carboxylic acids is 3. The molecule has 4 aliphatic carbocycles. The average molecular weight is 602 g/mol. The lowest BCUT2D eigenvalue weighted by atomic mass is 9.44. The molecule has 6 aliphatic rings. The minimum atomic E-state index is -0.201. The number of piperidine rings is 1. The van der Waals surface area contributed by atoms with Gasteiger partial charge in [-0.15, -0.1) is 0 Å². The second-order valence-corrected chi connectivity index (χ2v) is 16.2. The van der Waals surface area contributed by atoms with Gasteiger partial charge in [0.05, 0.1) is 20.1 Å². The smallest absolute Gasteiger partial charge is 0.303 e. The molecule has 2 saturated heterocycles. The summed E-state index contributed by atoms with van der Waals surface area (Å²) in [7, 11) is 2.43. The quantitative estimate of drug-likeness (QED) is 0.246. The highest BCUT2D eigenvalue weighted by molar-refractivity contribution is 5.67. The first-order valence-corrected chi connectivity index (χ1v) is 17.4. The van der Waals surface area contributed by atoms with Gasteiger partial charge in [0.2, 0.25) is 0 Å². The molecular weight excluding hydrogens is 544 g/mol. The van der Waals surface area contributed by atoms with Gasteiger partial charge in [-0.25, -0.2) is 0 Å². The van der Waals surface area contributed by atoms with E-state index in [4.69, 9.17) is 14.2 Å². The van der Waals surface area contributed by atoms with Crippen LogP contribution in [0.5, 0.6) is 0 Å². The van der Waals surface area contributed by atoms with E-state index >= 15 is 0 Å². The molecule has 0 aromatic heterocycles. The van der Waals surface area contributed by atoms with Crippen LogP contribution < -0.4 is 0 Å². The lowest BCUT2D eigenvalue weighted by Crippen LogP contribution is -2.61. The van der Waals surface area contributed by atoms with Crippen molar-refractivity contribution in [2.75, 3.05) is 33.2 Å². The lowest BCUT2D eigenvalue weighted by Gasteiger charge is -2.62. The minimum Gasteiger partial charge on any atom is -0.462 e. The van der Waals surface area contributed by atoms with Gasteiger partial charge in [-0.2, -0.15) is 0 Å². The molecule has 0 bridgehead atoms. The third-order valence-corrected chi connectivity index (χ3v) is 13.9. The molecule has 6 rings (SSSR count). The zero-order valence-corrected chi connectivity index (χ0v) is 27.6. The first-order valence-electron chi connectivity index (χ1n) is 17.4. The van der Waals surface area contributed by atoms with Crippen molar-refractivity contribution in [2.45, 2.75) is 136 Å². The highest BCUT2D eigenvalue weighted by atomic mass is 16.6. The molecule has 0 aromatic rings. The van der Waals surface area contributed by atoms with Gasteiger partial charge in [-0.3, -0.25) is 19.3 Å². The Bertz CT molecular complexity index is 1080. The van der Waals surface area contributed by atoms with Gasteiger partial charge in [0.25, 0.3) is 0 Å². The Morgan fingerprint density at radius 3 is 2.05 bits per heavy atom. The van der Waals surface area contributed by atoms with E-state index in [9.17, 15) is 14.4 Å². The van der Waals surface area contributed by atoms with Crippen molar-refractivity contribution >= 4 is 17.9 Å². The van der Waals surface area contributed by atoms with Crippen LogP contribution in [0.2, 0.25) is 0 Å². The number of hydrogen-bond donors (Lipinski definition) is 0. The van der Waals surface area contributed by atoms with Crippen molar-refractivity contribution in [2.24, 2.45) is 34.5 Å². The molecule has 4 saturated carbocycles.